The van der Waals surface area contributed by atoms with Crippen LogP contribution >= 0.6 is 0 Å². The van der Waals surface area contributed by atoms with E-state index in [0.29, 0.717) is 11.6 Å². The fourth-order valence-electron chi connectivity index (χ4n) is 4.52. The molecule has 0 aromatic carbocycles. The predicted molar refractivity (Wildman–Crippen MR) is 158 cm³/mol. The first-order valence-corrected chi connectivity index (χ1v) is 14.7. The molecule has 6 aromatic rings. The maximum absolute atomic E-state index is 13.2. The van der Waals surface area contributed by atoms with E-state index in [0.717, 1.165) is 31.9 Å². The number of hydrogen-bond acceptors (Lipinski definition) is 15. The van der Waals surface area contributed by atoms with Crippen LogP contribution in [0.3, 0.4) is 0 Å². The molecular weight excluding hydrogens is 616 g/mol. The van der Waals surface area contributed by atoms with Crippen molar-refractivity contribution < 1.29 is 41.2 Å². The van der Waals surface area contributed by atoms with Crippen LogP contribution in [0.5, 0.6) is 0 Å². The van der Waals surface area contributed by atoms with Crippen LogP contribution < -0.4 is 11.1 Å². The van der Waals surface area contributed by atoms with Crippen molar-refractivity contribution in [3.8, 4) is 46.3 Å². The van der Waals surface area contributed by atoms with Crippen LogP contribution in [0, 0.1) is 5.92 Å². The van der Waals surface area contributed by atoms with E-state index < -0.39 is 17.9 Å². The van der Waals surface area contributed by atoms with E-state index >= 15 is 0 Å². The normalized spacial score (nSPS) is 12.9. The highest BCUT2D eigenvalue weighted by molar-refractivity contribution is 5.92. The lowest BCUT2D eigenvalue weighted by atomic mass is 10.0. The summed E-state index contributed by atoms with van der Waals surface area (Å²) < 4.78 is 32.9. The van der Waals surface area contributed by atoms with Crippen molar-refractivity contribution in [3.63, 3.8) is 0 Å². The number of nitrogens with one attached hydrogen (secondary N) is 1. The van der Waals surface area contributed by atoms with Crippen molar-refractivity contribution in [2.24, 2.45) is 11.7 Å². The van der Waals surface area contributed by atoms with Gasteiger partial charge >= 0.3 is 5.97 Å². The first kappa shape index (κ1) is 31.2. The number of hydrogen-bond donors (Lipinski definition) is 3. The van der Waals surface area contributed by atoms with E-state index in [1.54, 1.807) is 0 Å². The highest BCUT2D eigenvalue weighted by Crippen LogP contribution is 2.29. The molecule has 47 heavy (non-hydrogen) atoms. The summed E-state index contributed by atoms with van der Waals surface area (Å²) in [5, 5.41) is 11.9. The van der Waals surface area contributed by atoms with Crippen LogP contribution in [0.15, 0.2) is 64.1 Å². The van der Waals surface area contributed by atoms with E-state index in [-0.39, 0.29) is 69.9 Å². The largest absolute Gasteiger partial charge is 0.476 e. The number of unbranched alkanes of at least 4 members (excludes halogenated alkanes) is 2. The summed E-state index contributed by atoms with van der Waals surface area (Å²) in [6, 6.07) is -0.991. The van der Waals surface area contributed by atoms with Crippen molar-refractivity contribution >= 4 is 11.9 Å². The van der Waals surface area contributed by atoms with Crippen molar-refractivity contribution in [1.82, 2.24) is 35.2 Å². The standard InChI is InChI=1S/C30H30N8O9/c1-4-5-6-7-15(31)24-33-17(9-42-24)26-34-18(10-44-26)25-32-16(8-43-25)23(39)38-22(14(2)3)29-36-20(12-47-29)27-35-19(11-45-27)28-37-21(13-46-28)30(40)41/h8-15,22H,4-7,31H2,1-3H3,(H,38,39)(H,40,41). The Balaban J connectivity index is 1.11. The molecule has 0 aliphatic rings. The minimum Gasteiger partial charge on any atom is -0.476 e. The van der Waals surface area contributed by atoms with E-state index in [1.165, 1.54) is 31.3 Å². The summed E-state index contributed by atoms with van der Waals surface area (Å²) in [6.07, 6.45) is 11.4. The van der Waals surface area contributed by atoms with E-state index in [2.05, 4.69) is 42.1 Å². The Morgan fingerprint density at radius 2 is 1.19 bits per heavy atom. The summed E-state index contributed by atoms with van der Waals surface area (Å²) in [5.41, 5.74) is 6.94. The molecule has 6 heterocycles. The number of nitrogens with zero attached hydrogens (tertiary/aromatic N) is 6. The molecule has 0 saturated carbocycles. The van der Waals surface area contributed by atoms with Gasteiger partial charge in [-0.3, -0.25) is 4.79 Å². The van der Waals surface area contributed by atoms with Crippen LogP contribution in [0.25, 0.3) is 46.3 Å². The molecule has 4 N–H and O–H groups in total. The number of amides is 1. The second kappa shape index (κ2) is 13.3. The molecule has 0 bridgehead atoms. The maximum atomic E-state index is 13.2. The molecule has 0 aliphatic heterocycles. The van der Waals surface area contributed by atoms with Gasteiger partial charge in [0.1, 0.15) is 43.6 Å². The Hall–Kier alpha value is -5.84. The maximum Gasteiger partial charge on any atom is 0.357 e. The number of nitrogens with two attached hydrogens (primary N) is 1. The summed E-state index contributed by atoms with van der Waals surface area (Å²) in [5.74, 6) is -1.06. The molecule has 0 fully saturated rings. The topological polar surface area (TPSA) is 249 Å². The number of carboxylic acids is 1. The summed E-state index contributed by atoms with van der Waals surface area (Å²) in [7, 11) is 0. The first-order valence-electron chi connectivity index (χ1n) is 14.7. The summed E-state index contributed by atoms with van der Waals surface area (Å²) >= 11 is 0. The first-order chi connectivity index (χ1) is 22.7. The van der Waals surface area contributed by atoms with Gasteiger partial charge in [0.05, 0.1) is 6.04 Å². The second-order valence-corrected chi connectivity index (χ2v) is 10.9. The van der Waals surface area contributed by atoms with E-state index in [4.69, 9.17) is 37.3 Å². The molecule has 0 aliphatic carbocycles. The Labute approximate surface area is 265 Å². The van der Waals surface area contributed by atoms with Crippen molar-refractivity contribution in [1.29, 1.82) is 0 Å². The average Bonchev–Trinajstić information content (AvgIpc) is 3.89. The van der Waals surface area contributed by atoms with E-state index in [1.807, 2.05) is 13.8 Å². The number of aromatic carboxylic acids is 1. The average molecular weight is 647 g/mol. The third kappa shape index (κ3) is 6.74. The molecule has 1 amide bonds. The number of carbonyl (C=O) groups is 2. The van der Waals surface area contributed by atoms with Gasteiger partial charge in [-0.25, -0.2) is 34.7 Å². The van der Waals surface area contributed by atoms with Gasteiger partial charge in [-0.05, 0) is 12.3 Å². The lowest BCUT2D eigenvalue weighted by molar-refractivity contribution is 0.0690. The summed E-state index contributed by atoms with van der Waals surface area (Å²) in [4.78, 5) is 49.8. The molecule has 0 saturated heterocycles. The lowest BCUT2D eigenvalue weighted by Crippen LogP contribution is -2.32. The molecule has 0 radical (unpaired) electrons. The van der Waals surface area contributed by atoms with Gasteiger partial charge in [0.2, 0.25) is 35.3 Å². The predicted octanol–water partition coefficient (Wildman–Crippen LogP) is 5.69. The van der Waals surface area contributed by atoms with Gasteiger partial charge in [0, 0.05) is 0 Å². The van der Waals surface area contributed by atoms with Gasteiger partial charge < -0.3 is 42.7 Å². The molecule has 17 nitrogen and oxygen atoms in total. The van der Waals surface area contributed by atoms with Crippen LogP contribution in [-0.2, 0) is 0 Å². The Morgan fingerprint density at radius 1 is 0.702 bits per heavy atom. The number of aromatic nitrogens is 6. The Kier molecular flexibility index (Phi) is 8.79. The summed E-state index contributed by atoms with van der Waals surface area (Å²) in [6.45, 7) is 5.87. The molecule has 6 aromatic heterocycles. The van der Waals surface area contributed by atoms with Gasteiger partial charge in [-0.2, -0.15) is 0 Å². The van der Waals surface area contributed by atoms with Crippen LogP contribution in [0.4, 0.5) is 0 Å². The fraction of sp³-hybridized carbons (Fsp3) is 0.333. The number of oxazole rings is 6. The van der Waals surface area contributed by atoms with Gasteiger partial charge in [-0.1, -0.05) is 40.0 Å². The third-order valence-electron chi connectivity index (χ3n) is 7.04. The molecule has 17 heteroatoms. The minimum absolute atomic E-state index is 0.00669. The highest BCUT2D eigenvalue weighted by atomic mass is 16.4. The quantitative estimate of drug-likeness (QED) is 0.120. The SMILES string of the molecule is CCCCCC(N)c1nc(-c2nc(-c3nc(C(=O)NC(c4nc(-c5nc(-c6nc(C(=O)O)co6)co5)co4)C(C)C)co3)co2)co1. The number of carbonyl (C=O) groups excluding carboxylic acids is 1. The smallest absolute Gasteiger partial charge is 0.357 e. The highest BCUT2D eigenvalue weighted by Gasteiger charge is 2.28. The zero-order valence-corrected chi connectivity index (χ0v) is 25.5. The Morgan fingerprint density at radius 3 is 1.77 bits per heavy atom. The molecule has 2 atom stereocenters. The second-order valence-electron chi connectivity index (χ2n) is 10.9. The Bertz CT molecular complexity index is 1980. The number of carboxylic acid groups (broad SMARTS) is 1. The molecular formula is C30H30N8O9. The van der Waals surface area contributed by atoms with Gasteiger partial charge in [0.15, 0.2) is 34.2 Å². The minimum atomic E-state index is -1.24. The lowest BCUT2D eigenvalue weighted by Gasteiger charge is -2.18. The van der Waals surface area contributed by atoms with Crippen molar-refractivity contribution in [2.75, 3.05) is 0 Å². The molecule has 2 unspecified atom stereocenters. The zero-order valence-electron chi connectivity index (χ0n) is 25.5. The number of rotatable bonds is 14. The van der Waals surface area contributed by atoms with Crippen LogP contribution in [0.1, 0.15) is 91.3 Å². The van der Waals surface area contributed by atoms with Crippen molar-refractivity contribution in [2.45, 2.75) is 58.5 Å². The van der Waals surface area contributed by atoms with Crippen molar-refractivity contribution in [3.05, 3.63) is 60.7 Å². The zero-order chi connectivity index (χ0) is 33.1. The van der Waals surface area contributed by atoms with Crippen LogP contribution in [0.2, 0.25) is 0 Å². The molecule has 0 spiro atoms. The molecule has 244 valence electrons. The molecule has 6 rings (SSSR count). The third-order valence-corrected chi connectivity index (χ3v) is 7.04. The van der Waals surface area contributed by atoms with Gasteiger partial charge in [0.25, 0.3) is 5.91 Å². The fourth-order valence-corrected chi connectivity index (χ4v) is 4.52. The van der Waals surface area contributed by atoms with E-state index in [9.17, 15) is 9.59 Å². The van der Waals surface area contributed by atoms with Crippen LogP contribution in [-0.4, -0.2) is 46.9 Å². The monoisotopic (exact) mass is 646 g/mol. The van der Waals surface area contributed by atoms with Gasteiger partial charge in [-0.15, -0.1) is 0 Å².